The number of nitrogens with zero attached hydrogens (tertiary/aromatic N) is 3. The molecule has 1 aromatic rings. The summed E-state index contributed by atoms with van der Waals surface area (Å²) >= 11 is 0. The molecule has 1 rings (SSSR count). The van der Waals surface area contributed by atoms with Crippen LogP contribution in [0.3, 0.4) is 0 Å². The maximum Gasteiger partial charge on any atom is 0.435 e. The number of hydrogen-bond donors (Lipinski definition) is 0. The third kappa shape index (κ3) is 2.47. The molecule has 5 heteroatoms. The van der Waals surface area contributed by atoms with Crippen molar-refractivity contribution in [3.8, 4) is 0 Å². The third-order valence-corrected chi connectivity index (χ3v) is 1.62. The van der Waals surface area contributed by atoms with Crippen LogP contribution < -0.4 is 4.84 Å². The summed E-state index contributed by atoms with van der Waals surface area (Å²) in [5, 5.41) is 3.67. The molecule has 0 atom stereocenters. The molecule has 0 N–H and O–H groups in total. The largest absolute Gasteiger partial charge is 0.435 e. The Balaban J connectivity index is 2.61. The van der Waals surface area contributed by atoms with E-state index in [2.05, 4.69) is 5.10 Å². The summed E-state index contributed by atoms with van der Waals surface area (Å²) in [4.78, 5) is 18.6. The van der Waals surface area contributed by atoms with Crippen LogP contribution in [0.15, 0.2) is 18.4 Å². The second-order valence-corrected chi connectivity index (χ2v) is 2.36. The van der Waals surface area contributed by atoms with Crippen LogP contribution in [0.25, 0.3) is 0 Å². The van der Waals surface area contributed by atoms with E-state index in [0.717, 1.165) is 4.85 Å². The summed E-state index contributed by atoms with van der Waals surface area (Å²) < 4.78 is 7.30. The SMILES string of the molecule is [2H]c1ccnn1OC(=O)N(CC)CC. The molecule has 0 unspecified atom stereocenters. The molecule has 0 radical (unpaired) electrons. The summed E-state index contributed by atoms with van der Waals surface area (Å²) in [5.74, 6) is 0. The van der Waals surface area contributed by atoms with Crippen molar-refractivity contribution < 1.29 is 11.0 Å². The van der Waals surface area contributed by atoms with Crippen LogP contribution in [-0.2, 0) is 0 Å². The predicted octanol–water partition coefficient (Wildman–Crippen LogP) is 0.774. The molecule has 13 heavy (non-hydrogen) atoms. The van der Waals surface area contributed by atoms with Crippen LogP contribution in [0.5, 0.6) is 0 Å². The summed E-state index contributed by atoms with van der Waals surface area (Å²) in [6.07, 6.45) is 0.954. The molecule has 1 aromatic heterocycles. The number of hydrogen-bond acceptors (Lipinski definition) is 3. The summed E-state index contributed by atoms with van der Waals surface area (Å²) in [5.41, 5.74) is 0. The number of carbonyl (C=O) groups excluding carboxylic acids is 1. The second-order valence-electron chi connectivity index (χ2n) is 2.36. The smallest absolute Gasteiger partial charge is 0.307 e. The van der Waals surface area contributed by atoms with Gasteiger partial charge in [-0.2, -0.15) is 0 Å². The summed E-state index contributed by atoms with van der Waals surface area (Å²) in [6, 6.07) is 1.44. The molecule has 0 saturated heterocycles. The number of rotatable bonds is 3. The first kappa shape index (κ1) is 8.10. The maximum absolute atomic E-state index is 11.4. The Bertz CT molecular complexity index is 309. The minimum atomic E-state index is -0.493. The Morgan fingerprint density at radius 1 is 1.69 bits per heavy atom. The first-order valence-corrected chi connectivity index (χ1v) is 4.16. The molecule has 0 spiro atoms. The Morgan fingerprint density at radius 2 is 2.38 bits per heavy atom. The van der Waals surface area contributed by atoms with Gasteiger partial charge in [-0.05, 0) is 19.9 Å². The van der Waals surface area contributed by atoms with Gasteiger partial charge < -0.3 is 4.90 Å². The zero-order valence-electron chi connectivity index (χ0n) is 8.73. The molecular formula is C8H13N3O2. The number of carbonyl (C=O) groups is 1. The Morgan fingerprint density at radius 3 is 2.85 bits per heavy atom. The Kier molecular flexibility index (Phi) is 2.80. The quantitative estimate of drug-likeness (QED) is 0.697. The lowest BCUT2D eigenvalue weighted by atomic mass is 10.6. The lowest BCUT2D eigenvalue weighted by Crippen LogP contribution is -2.36. The molecule has 0 aliphatic carbocycles. The van der Waals surface area contributed by atoms with Crippen molar-refractivity contribution in [2.24, 2.45) is 0 Å². The van der Waals surface area contributed by atoms with Crippen LogP contribution in [-0.4, -0.2) is 34.0 Å². The van der Waals surface area contributed by atoms with E-state index in [9.17, 15) is 4.79 Å². The van der Waals surface area contributed by atoms with Crippen molar-refractivity contribution in [2.75, 3.05) is 13.1 Å². The van der Waals surface area contributed by atoms with Crippen molar-refractivity contribution >= 4 is 6.09 Å². The average Bonchev–Trinajstić information content (AvgIpc) is 2.54. The highest BCUT2D eigenvalue weighted by molar-refractivity contribution is 5.67. The van der Waals surface area contributed by atoms with Gasteiger partial charge in [0.2, 0.25) is 0 Å². The molecule has 0 aliphatic heterocycles. The Hall–Kier alpha value is -1.52. The molecule has 0 saturated carbocycles. The predicted molar refractivity (Wildman–Crippen MR) is 47.1 cm³/mol. The van der Waals surface area contributed by atoms with Gasteiger partial charge in [-0.1, -0.05) is 4.85 Å². The zero-order valence-corrected chi connectivity index (χ0v) is 7.73. The van der Waals surface area contributed by atoms with Crippen LogP contribution in [0, 0.1) is 0 Å². The van der Waals surface area contributed by atoms with Gasteiger partial charge in [0.15, 0.2) is 0 Å². The molecule has 1 heterocycles. The van der Waals surface area contributed by atoms with Gasteiger partial charge in [-0.3, -0.25) is 4.84 Å². The van der Waals surface area contributed by atoms with Crippen molar-refractivity contribution in [3.05, 3.63) is 18.4 Å². The minimum absolute atomic E-state index is 0.0468. The van der Waals surface area contributed by atoms with E-state index in [0.29, 0.717) is 13.1 Å². The molecule has 1 amide bonds. The first-order valence-electron chi connectivity index (χ1n) is 4.66. The van der Waals surface area contributed by atoms with Gasteiger partial charge in [0.05, 0.1) is 13.7 Å². The summed E-state index contributed by atoms with van der Waals surface area (Å²) in [6.45, 7) is 4.86. The van der Waals surface area contributed by atoms with E-state index in [4.69, 9.17) is 6.21 Å². The fraction of sp³-hybridized carbons (Fsp3) is 0.500. The standard InChI is InChI=1S/C8H13N3O2/c1-3-10(4-2)8(12)13-11-7-5-6-9-11/h5-7H,3-4H2,1-2H3/i7D. The third-order valence-electron chi connectivity index (χ3n) is 1.62. The molecule has 0 fully saturated rings. The highest BCUT2D eigenvalue weighted by Crippen LogP contribution is 1.90. The lowest BCUT2D eigenvalue weighted by molar-refractivity contribution is 0.0817. The average molecular weight is 184 g/mol. The van der Waals surface area contributed by atoms with Gasteiger partial charge in [0, 0.05) is 13.1 Å². The van der Waals surface area contributed by atoms with E-state index in [-0.39, 0.29) is 6.17 Å². The molecule has 0 aromatic carbocycles. The molecule has 0 aliphatic rings. The van der Waals surface area contributed by atoms with E-state index < -0.39 is 6.09 Å². The normalized spacial score (nSPS) is 10.8. The van der Waals surface area contributed by atoms with Crippen LogP contribution in [0.2, 0.25) is 0 Å². The van der Waals surface area contributed by atoms with Gasteiger partial charge in [-0.15, -0.1) is 5.10 Å². The number of aromatic nitrogens is 2. The van der Waals surface area contributed by atoms with Crippen molar-refractivity contribution in [2.45, 2.75) is 13.8 Å². The fourth-order valence-electron chi connectivity index (χ4n) is 0.888. The summed E-state index contributed by atoms with van der Waals surface area (Å²) in [7, 11) is 0. The molecular weight excluding hydrogens is 170 g/mol. The van der Waals surface area contributed by atoms with Crippen molar-refractivity contribution in [1.29, 1.82) is 0 Å². The van der Waals surface area contributed by atoms with Crippen LogP contribution in [0.1, 0.15) is 15.2 Å². The van der Waals surface area contributed by atoms with Gasteiger partial charge >= 0.3 is 6.09 Å². The highest BCUT2D eigenvalue weighted by atomic mass is 16.7. The monoisotopic (exact) mass is 184 g/mol. The molecule has 5 nitrogen and oxygen atoms in total. The number of amides is 1. The zero-order chi connectivity index (χ0) is 10.6. The van der Waals surface area contributed by atoms with Crippen LogP contribution in [0.4, 0.5) is 4.79 Å². The molecule has 0 bridgehead atoms. The van der Waals surface area contributed by atoms with E-state index in [1.807, 2.05) is 13.8 Å². The topological polar surface area (TPSA) is 47.4 Å². The van der Waals surface area contributed by atoms with Gasteiger partial charge in [-0.25, -0.2) is 4.79 Å². The minimum Gasteiger partial charge on any atom is -0.307 e. The molecule has 72 valence electrons. The van der Waals surface area contributed by atoms with Gasteiger partial charge in [0.25, 0.3) is 0 Å². The lowest BCUT2D eigenvalue weighted by Gasteiger charge is -2.16. The Labute approximate surface area is 78.3 Å². The van der Waals surface area contributed by atoms with E-state index in [1.54, 1.807) is 0 Å². The maximum atomic E-state index is 11.4. The first-order chi connectivity index (χ1) is 6.69. The van der Waals surface area contributed by atoms with Crippen LogP contribution >= 0.6 is 0 Å². The van der Waals surface area contributed by atoms with E-state index >= 15 is 0 Å². The van der Waals surface area contributed by atoms with Crippen molar-refractivity contribution in [3.63, 3.8) is 0 Å². The van der Waals surface area contributed by atoms with E-state index in [1.165, 1.54) is 17.2 Å². The fourth-order valence-corrected chi connectivity index (χ4v) is 0.888. The highest BCUT2D eigenvalue weighted by Gasteiger charge is 2.11. The van der Waals surface area contributed by atoms with Gasteiger partial charge in [0.1, 0.15) is 0 Å². The van der Waals surface area contributed by atoms with Crippen molar-refractivity contribution in [1.82, 2.24) is 14.8 Å². The second kappa shape index (κ2) is 4.49.